The third-order valence-electron chi connectivity index (χ3n) is 3.59. The van der Waals surface area contributed by atoms with Gasteiger partial charge in [-0.1, -0.05) is 12.1 Å². The van der Waals surface area contributed by atoms with E-state index in [0.717, 1.165) is 12.1 Å². The van der Waals surface area contributed by atoms with E-state index < -0.39 is 30.6 Å². The van der Waals surface area contributed by atoms with Gasteiger partial charge >= 0.3 is 6.18 Å². The van der Waals surface area contributed by atoms with Gasteiger partial charge in [-0.3, -0.25) is 4.90 Å². The molecule has 0 spiro atoms. The van der Waals surface area contributed by atoms with E-state index in [-0.39, 0.29) is 12.4 Å². The quantitative estimate of drug-likeness (QED) is 0.837. The molecule has 8 heteroatoms. The molecule has 1 N–H and O–H groups in total. The highest BCUT2D eigenvalue weighted by molar-refractivity contribution is 5.85. The molecule has 1 aromatic carbocycles. The third-order valence-corrected chi connectivity index (χ3v) is 3.59. The Morgan fingerprint density at radius 2 is 1.77 bits per heavy atom. The molecule has 0 bridgehead atoms. The second kappa shape index (κ2) is 8.08. The summed E-state index contributed by atoms with van der Waals surface area (Å²) in [4.78, 5) is 1.82. The van der Waals surface area contributed by atoms with E-state index in [1.165, 1.54) is 12.1 Å². The summed E-state index contributed by atoms with van der Waals surface area (Å²) < 4.78 is 63.9. The molecule has 1 aliphatic heterocycles. The van der Waals surface area contributed by atoms with Crippen LogP contribution in [0.3, 0.4) is 0 Å². The van der Waals surface area contributed by atoms with Crippen LogP contribution in [0.25, 0.3) is 0 Å². The van der Waals surface area contributed by atoms with Gasteiger partial charge in [0.15, 0.2) is 0 Å². The van der Waals surface area contributed by atoms with Crippen molar-refractivity contribution in [3.63, 3.8) is 0 Å². The molecule has 1 aliphatic rings. The Labute approximate surface area is 132 Å². The van der Waals surface area contributed by atoms with Crippen LogP contribution in [0, 0.1) is 0 Å². The monoisotopic (exact) mass is 344 g/mol. The Balaban J connectivity index is 0.00000242. The van der Waals surface area contributed by atoms with Gasteiger partial charge in [0.1, 0.15) is 0 Å². The minimum atomic E-state index is -4.46. The van der Waals surface area contributed by atoms with Crippen molar-refractivity contribution in [1.82, 2.24) is 10.2 Å². The van der Waals surface area contributed by atoms with Crippen molar-refractivity contribution in [2.45, 2.75) is 25.1 Å². The van der Waals surface area contributed by atoms with Crippen LogP contribution in [0.4, 0.5) is 22.0 Å². The lowest BCUT2D eigenvalue weighted by Crippen LogP contribution is -2.45. The number of nitrogens with one attached hydrogen (secondary N) is 1. The predicted molar refractivity (Wildman–Crippen MR) is 76.5 cm³/mol. The van der Waals surface area contributed by atoms with Crippen LogP contribution >= 0.6 is 12.4 Å². The first-order chi connectivity index (χ1) is 9.88. The summed E-state index contributed by atoms with van der Waals surface area (Å²) in [7, 11) is 0. The highest BCUT2D eigenvalue weighted by Gasteiger charge is 2.32. The molecule has 1 heterocycles. The number of rotatable bonds is 4. The molecular weight excluding hydrogens is 327 g/mol. The van der Waals surface area contributed by atoms with Crippen molar-refractivity contribution in [2.75, 3.05) is 26.2 Å². The standard InChI is InChI=1S/C14H17F5N2.ClH/c15-13(16)9-12(21-6-4-20-5-7-21)10-2-1-3-11(8-10)14(17,18)19;/h1-3,8,12-13,20H,4-7,9H2;1H/t12-;/m1./s1. The fourth-order valence-corrected chi connectivity index (χ4v) is 2.58. The van der Waals surface area contributed by atoms with Crippen LogP contribution in [0.2, 0.25) is 0 Å². The number of nitrogens with zero attached hydrogens (tertiary/aromatic N) is 1. The summed E-state index contributed by atoms with van der Waals surface area (Å²) in [5.74, 6) is 0. The minimum absolute atomic E-state index is 0. The lowest BCUT2D eigenvalue weighted by atomic mass is 9.99. The van der Waals surface area contributed by atoms with Crippen LogP contribution in [-0.2, 0) is 6.18 Å². The highest BCUT2D eigenvalue weighted by atomic mass is 35.5. The summed E-state index contributed by atoms with van der Waals surface area (Å²) in [5.41, 5.74) is -0.499. The zero-order chi connectivity index (χ0) is 15.5. The SMILES string of the molecule is Cl.FC(F)C[C@H](c1cccc(C(F)(F)F)c1)N1CCNCC1. The van der Waals surface area contributed by atoms with Crippen molar-refractivity contribution < 1.29 is 22.0 Å². The Morgan fingerprint density at radius 3 is 2.32 bits per heavy atom. The lowest BCUT2D eigenvalue weighted by molar-refractivity contribution is -0.137. The number of piperazine rings is 1. The van der Waals surface area contributed by atoms with Gasteiger partial charge in [-0.25, -0.2) is 8.78 Å². The van der Waals surface area contributed by atoms with Crippen molar-refractivity contribution in [3.8, 4) is 0 Å². The maximum absolute atomic E-state index is 12.8. The molecule has 1 saturated heterocycles. The molecule has 22 heavy (non-hydrogen) atoms. The molecule has 0 unspecified atom stereocenters. The van der Waals surface area contributed by atoms with Gasteiger partial charge in [-0.15, -0.1) is 12.4 Å². The third kappa shape index (κ3) is 5.07. The first-order valence-electron chi connectivity index (χ1n) is 6.78. The Kier molecular flexibility index (Phi) is 7.02. The molecule has 0 aliphatic carbocycles. The fourth-order valence-electron chi connectivity index (χ4n) is 2.58. The largest absolute Gasteiger partial charge is 0.416 e. The first-order valence-corrected chi connectivity index (χ1v) is 6.78. The van der Waals surface area contributed by atoms with Gasteiger partial charge in [0.25, 0.3) is 0 Å². The number of alkyl halides is 5. The number of benzene rings is 1. The van der Waals surface area contributed by atoms with E-state index in [0.29, 0.717) is 31.7 Å². The van der Waals surface area contributed by atoms with Crippen LogP contribution in [0.1, 0.15) is 23.6 Å². The molecule has 1 fully saturated rings. The summed E-state index contributed by atoms with van der Waals surface area (Å²) in [6.07, 6.45) is -7.48. The Bertz CT molecular complexity index is 461. The van der Waals surface area contributed by atoms with Crippen LogP contribution in [-0.4, -0.2) is 37.5 Å². The van der Waals surface area contributed by atoms with E-state index in [4.69, 9.17) is 0 Å². The molecule has 1 aromatic rings. The second-order valence-electron chi connectivity index (χ2n) is 5.05. The molecule has 1 atom stereocenters. The van der Waals surface area contributed by atoms with E-state index >= 15 is 0 Å². The molecule has 0 saturated carbocycles. The molecule has 2 nitrogen and oxygen atoms in total. The van der Waals surface area contributed by atoms with E-state index in [2.05, 4.69) is 5.32 Å². The average molecular weight is 345 g/mol. The Hall–Kier alpha value is -0.920. The Morgan fingerprint density at radius 1 is 1.14 bits per heavy atom. The molecular formula is C14H18ClF5N2. The predicted octanol–water partition coefficient (Wildman–Crippen LogP) is 3.73. The number of hydrogen-bond donors (Lipinski definition) is 1. The lowest BCUT2D eigenvalue weighted by Gasteiger charge is -2.35. The fraction of sp³-hybridized carbons (Fsp3) is 0.571. The van der Waals surface area contributed by atoms with Crippen molar-refractivity contribution in [2.24, 2.45) is 0 Å². The van der Waals surface area contributed by atoms with Crippen molar-refractivity contribution in [1.29, 1.82) is 0 Å². The molecule has 126 valence electrons. The van der Waals surface area contributed by atoms with E-state index in [9.17, 15) is 22.0 Å². The number of halogens is 6. The molecule has 0 amide bonds. The van der Waals surface area contributed by atoms with Gasteiger partial charge in [-0.05, 0) is 17.7 Å². The van der Waals surface area contributed by atoms with Gasteiger partial charge in [0.2, 0.25) is 6.43 Å². The summed E-state index contributed by atoms with van der Waals surface area (Å²) in [5, 5.41) is 3.10. The molecule has 2 rings (SSSR count). The van der Waals surface area contributed by atoms with Gasteiger partial charge in [0, 0.05) is 38.6 Å². The average Bonchev–Trinajstić information content (AvgIpc) is 2.45. The zero-order valence-electron chi connectivity index (χ0n) is 11.7. The van der Waals surface area contributed by atoms with Gasteiger partial charge in [0.05, 0.1) is 5.56 Å². The zero-order valence-corrected chi connectivity index (χ0v) is 12.6. The maximum Gasteiger partial charge on any atom is 0.416 e. The smallest absolute Gasteiger partial charge is 0.314 e. The first kappa shape index (κ1) is 19.1. The maximum atomic E-state index is 12.8. The van der Waals surface area contributed by atoms with Gasteiger partial charge < -0.3 is 5.32 Å². The number of hydrogen-bond acceptors (Lipinski definition) is 2. The summed E-state index contributed by atoms with van der Waals surface area (Å²) in [6, 6.07) is 4.02. The molecule has 0 radical (unpaired) electrons. The summed E-state index contributed by atoms with van der Waals surface area (Å²) in [6.45, 7) is 2.40. The van der Waals surface area contributed by atoms with Crippen LogP contribution in [0.15, 0.2) is 24.3 Å². The normalized spacial score (nSPS) is 18.1. The second-order valence-corrected chi connectivity index (χ2v) is 5.05. The van der Waals surface area contributed by atoms with E-state index in [1.807, 2.05) is 4.90 Å². The van der Waals surface area contributed by atoms with Crippen molar-refractivity contribution in [3.05, 3.63) is 35.4 Å². The van der Waals surface area contributed by atoms with Crippen LogP contribution < -0.4 is 5.32 Å². The summed E-state index contributed by atoms with van der Waals surface area (Å²) >= 11 is 0. The molecule has 0 aromatic heterocycles. The highest BCUT2D eigenvalue weighted by Crippen LogP contribution is 2.33. The van der Waals surface area contributed by atoms with E-state index in [1.54, 1.807) is 0 Å². The van der Waals surface area contributed by atoms with Crippen molar-refractivity contribution >= 4 is 12.4 Å². The van der Waals surface area contributed by atoms with Crippen LogP contribution in [0.5, 0.6) is 0 Å². The topological polar surface area (TPSA) is 15.3 Å². The minimum Gasteiger partial charge on any atom is -0.314 e. The van der Waals surface area contributed by atoms with Gasteiger partial charge in [-0.2, -0.15) is 13.2 Å².